The predicted molar refractivity (Wildman–Crippen MR) is 133 cm³/mol. The highest BCUT2D eigenvalue weighted by Gasteiger charge is 2.46. The van der Waals surface area contributed by atoms with Crippen molar-refractivity contribution < 1.29 is 22.7 Å². The van der Waals surface area contributed by atoms with Crippen LogP contribution in [0.25, 0.3) is 0 Å². The van der Waals surface area contributed by atoms with Crippen LogP contribution >= 0.6 is 11.6 Å². The van der Waals surface area contributed by atoms with E-state index < -0.39 is 18.0 Å². The summed E-state index contributed by atoms with van der Waals surface area (Å²) in [6.07, 6.45) is -1.79. The van der Waals surface area contributed by atoms with Crippen molar-refractivity contribution >= 4 is 23.4 Å². The van der Waals surface area contributed by atoms with Gasteiger partial charge < -0.3 is 9.64 Å². The van der Waals surface area contributed by atoms with Crippen LogP contribution in [0, 0.1) is 5.41 Å². The van der Waals surface area contributed by atoms with E-state index in [1.807, 2.05) is 30.3 Å². The Balaban J connectivity index is 1.09. The van der Waals surface area contributed by atoms with Gasteiger partial charge >= 0.3 is 12.2 Å². The zero-order valence-electron chi connectivity index (χ0n) is 19.8. The zero-order chi connectivity index (χ0) is 26.0. The molecule has 11 heteroatoms. The van der Waals surface area contributed by atoms with E-state index in [4.69, 9.17) is 16.3 Å². The number of benzene rings is 2. The van der Waals surface area contributed by atoms with Crippen molar-refractivity contribution in [3.63, 3.8) is 0 Å². The second kappa shape index (κ2) is 10.2. The van der Waals surface area contributed by atoms with E-state index >= 15 is 0 Å². The number of rotatable bonds is 5. The third-order valence-corrected chi connectivity index (χ3v) is 7.01. The lowest BCUT2D eigenvalue weighted by atomic mass is 9.72. The van der Waals surface area contributed by atoms with Gasteiger partial charge in [-0.2, -0.15) is 13.2 Å². The van der Waals surface area contributed by atoms with Crippen LogP contribution in [0.1, 0.15) is 24.2 Å². The lowest BCUT2D eigenvalue weighted by molar-refractivity contribution is -0.144. The van der Waals surface area contributed by atoms with E-state index in [9.17, 15) is 18.0 Å². The summed E-state index contributed by atoms with van der Waals surface area (Å²) in [5.74, 6) is 0.0470. The summed E-state index contributed by atoms with van der Waals surface area (Å²) < 4.78 is 44.4. The first-order valence-electron chi connectivity index (χ1n) is 11.9. The number of carbonyl (C=O) groups is 1. The molecule has 5 rings (SSSR count). The summed E-state index contributed by atoms with van der Waals surface area (Å²) in [5, 5.41) is 3.11. The Morgan fingerprint density at radius 1 is 1.05 bits per heavy atom. The largest absolute Gasteiger partial charge is 0.457 e. The van der Waals surface area contributed by atoms with Crippen molar-refractivity contribution in [2.75, 3.05) is 31.5 Å². The topological polar surface area (TPSA) is 70.6 Å². The van der Waals surface area contributed by atoms with E-state index in [1.54, 1.807) is 17.0 Å². The van der Waals surface area contributed by atoms with Crippen LogP contribution in [-0.4, -0.2) is 52.0 Å². The molecular weight excluding hydrogens is 507 g/mol. The predicted octanol–water partition coefficient (Wildman–Crippen LogP) is 6.07. The van der Waals surface area contributed by atoms with E-state index in [0.717, 1.165) is 55.7 Å². The van der Waals surface area contributed by atoms with Gasteiger partial charge in [0.05, 0.1) is 0 Å². The van der Waals surface area contributed by atoms with Crippen LogP contribution in [0.2, 0.25) is 5.02 Å². The first-order valence-corrected chi connectivity index (χ1v) is 12.3. The van der Waals surface area contributed by atoms with Crippen molar-refractivity contribution in [3.8, 4) is 11.5 Å². The van der Waals surface area contributed by atoms with Crippen molar-refractivity contribution in [2.45, 2.75) is 25.6 Å². The normalized spacial score (nSPS) is 17.4. The van der Waals surface area contributed by atoms with Gasteiger partial charge in [0.1, 0.15) is 17.3 Å². The van der Waals surface area contributed by atoms with Gasteiger partial charge in [-0.1, -0.05) is 23.7 Å². The molecule has 2 aliphatic heterocycles. The summed E-state index contributed by atoms with van der Waals surface area (Å²) in [5.41, 5.74) is 1.20. The molecule has 3 heterocycles. The molecule has 1 aromatic heterocycles. The molecular formula is C26H25ClF3N5O2. The molecule has 1 spiro atoms. The number of halogens is 4. The number of carbonyl (C=O) groups excluding carboxylic acids is 1. The van der Waals surface area contributed by atoms with Gasteiger partial charge in [0.15, 0.2) is 0 Å². The molecule has 0 atom stereocenters. The number of piperidine rings is 1. The number of hydrogen-bond donors (Lipinski definition) is 1. The third-order valence-electron chi connectivity index (χ3n) is 6.75. The fourth-order valence-corrected chi connectivity index (χ4v) is 4.89. The van der Waals surface area contributed by atoms with Crippen LogP contribution in [0.15, 0.2) is 60.8 Å². The molecule has 0 radical (unpaired) electrons. The van der Waals surface area contributed by atoms with Crippen LogP contribution in [0.5, 0.6) is 11.5 Å². The summed E-state index contributed by atoms with van der Waals surface area (Å²) in [6, 6.07) is 16.0. The van der Waals surface area contributed by atoms with E-state index in [2.05, 4.69) is 26.3 Å². The monoisotopic (exact) mass is 531 g/mol. The summed E-state index contributed by atoms with van der Waals surface area (Å²) in [6.45, 7) is 3.76. The first kappa shape index (κ1) is 25.3. The average molecular weight is 532 g/mol. The van der Waals surface area contributed by atoms with E-state index in [-0.39, 0.29) is 11.2 Å². The summed E-state index contributed by atoms with van der Waals surface area (Å²) >= 11 is 5.94. The number of amides is 2. The second-order valence-electron chi connectivity index (χ2n) is 9.53. The second-order valence-corrected chi connectivity index (χ2v) is 9.97. The van der Waals surface area contributed by atoms with Crippen LogP contribution in [0.3, 0.4) is 0 Å². The molecule has 0 bridgehead atoms. The van der Waals surface area contributed by atoms with Gasteiger partial charge in [-0.15, -0.1) is 0 Å². The van der Waals surface area contributed by atoms with Crippen molar-refractivity contribution in [1.82, 2.24) is 19.8 Å². The number of urea groups is 1. The zero-order valence-corrected chi connectivity index (χ0v) is 20.6. The maximum atomic E-state index is 12.8. The van der Waals surface area contributed by atoms with Crippen LogP contribution in [-0.2, 0) is 12.7 Å². The highest BCUT2D eigenvalue weighted by Crippen LogP contribution is 2.41. The highest BCUT2D eigenvalue weighted by molar-refractivity contribution is 6.30. The highest BCUT2D eigenvalue weighted by atomic mass is 35.5. The molecule has 37 heavy (non-hydrogen) atoms. The smallest absolute Gasteiger partial charge is 0.451 e. The van der Waals surface area contributed by atoms with Crippen LogP contribution in [0.4, 0.5) is 23.8 Å². The number of nitrogens with one attached hydrogen (secondary N) is 1. The molecule has 2 amide bonds. The minimum Gasteiger partial charge on any atom is -0.457 e. The molecule has 2 fully saturated rings. The number of likely N-dealkylation sites (tertiary alicyclic amines) is 2. The standard InChI is InChI=1S/C26H25ClF3N5O2/c27-19-4-6-20(7-5-19)37-21-3-1-2-18(14-21)15-34-12-9-25(10-13-34)16-35(17-25)24(36)33-22-8-11-31-23(32-22)26(28,29)30/h1-8,11,14H,9-10,12-13,15-17H2,(H,31,32,33,36). The van der Waals surface area contributed by atoms with E-state index in [0.29, 0.717) is 18.1 Å². The molecule has 0 unspecified atom stereocenters. The van der Waals surface area contributed by atoms with Gasteiger partial charge in [0, 0.05) is 36.3 Å². The summed E-state index contributed by atoms with van der Waals surface area (Å²) in [4.78, 5) is 23.1. The van der Waals surface area contributed by atoms with Gasteiger partial charge in [-0.05, 0) is 74.0 Å². The van der Waals surface area contributed by atoms with Crippen molar-refractivity contribution in [1.29, 1.82) is 0 Å². The fraction of sp³-hybridized carbons (Fsp3) is 0.346. The maximum Gasteiger partial charge on any atom is 0.451 e. The molecule has 2 aliphatic rings. The summed E-state index contributed by atoms with van der Waals surface area (Å²) in [7, 11) is 0. The molecule has 2 saturated heterocycles. The van der Waals surface area contributed by atoms with Crippen molar-refractivity contribution in [2.24, 2.45) is 5.41 Å². The van der Waals surface area contributed by atoms with Crippen LogP contribution < -0.4 is 10.1 Å². The molecule has 3 aromatic rings. The lowest BCUT2D eigenvalue weighted by Gasteiger charge is -2.53. The molecule has 1 N–H and O–H groups in total. The Bertz CT molecular complexity index is 1260. The van der Waals surface area contributed by atoms with Gasteiger partial charge in [-0.3, -0.25) is 10.2 Å². The number of hydrogen-bond acceptors (Lipinski definition) is 5. The fourth-order valence-electron chi connectivity index (χ4n) is 4.77. The van der Waals surface area contributed by atoms with Crippen molar-refractivity contribution in [3.05, 3.63) is 77.2 Å². The quantitative estimate of drug-likeness (QED) is 0.432. The van der Waals surface area contributed by atoms with E-state index in [1.165, 1.54) is 6.07 Å². The molecule has 7 nitrogen and oxygen atoms in total. The average Bonchev–Trinajstić information content (AvgIpc) is 2.84. The molecule has 0 aliphatic carbocycles. The SMILES string of the molecule is O=C(Nc1ccnc(C(F)(F)F)n1)N1CC2(CCN(Cc3cccc(Oc4ccc(Cl)cc4)c3)CC2)C1. The maximum absolute atomic E-state index is 12.8. The number of nitrogens with zero attached hydrogens (tertiary/aromatic N) is 4. The number of alkyl halides is 3. The third kappa shape index (κ3) is 6.14. The Morgan fingerprint density at radius 3 is 2.49 bits per heavy atom. The Hall–Kier alpha value is -3.37. The lowest BCUT2D eigenvalue weighted by Crippen LogP contribution is -2.62. The minimum absolute atomic E-state index is 0.0518. The first-order chi connectivity index (χ1) is 17.7. The number of anilines is 1. The Kier molecular flexibility index (Phi) is 6.96. The Labute approximate surface area is 217 Å². The number of aromatic nitrogens is 2. The number of ether oxygens (including phenoxy) is 1. The molecule has 0 saturated carbocycles. The Morgan fingerprint density at radius 2 is 1.78 bits per heavy atom. The molecule has 194 valence electrons. The van der Waals surface area contributed by atoms with Gasteiger partial charge in [0.25, 0.3) is 0 Å². The van der Waals surface area contributed by atoms with Gasteiger partial charge in [0.2, 0.25) is 5.82 Å². The van der Waals surface area contributed by atoms with Gasteiger partial charge in [-0.25, -0.2) is 14.8 Å². The molecule has 2 aromatic carbocycles. The minimum atomic E-state index is -4.67.